The van der Waals surface area contributed by atoms with E-state index in [0.717, 1.165) is 17.9 Å². The van der Waals surface area contributed by atoms with E-state index < -0.39 is 0 Å². The zero-order valence-corrected chi connectivity index (χ0v) is 17.3. The Kier molecular flexibility index (Phi) is 4.73. The van der Waals surface area contributed by atoms with E-state index in [0.29, 0.717) is 5.92 Å². The van der Waals surface area contributed by atoms with Crippen LogP contribution in [0.1, 0.15) is 18.9 Å². The first kappa shape index (κ1) is 18.2. The Morgan fingerprint density at radius 3 is 2.62 bits per heavy atom. The monoisotopic (exact) mass is 394 g/mol. The molecular weight excluding hydrogens is 372 g/mol. The van der Waals surface area contributed by atoms with E-state index in [-0.39, 0.29) is 0 Å². The Balaban J connectivity index is 1.52. The van der Waals surface area contributed by atoms with Gasteiger partial charge in [0.05, 0.1) is 0 Å². The Labute approximate surface area is 177 Å². The first-order valence-electron chi connectivity index (χ1n) is 10.2. The SMILES string of the molecule is CC1=CC=CC2=CC(CCc3cc(Cl)cc4cccc(-c5ccccc5)c34)=CC12. The third-order valence-corrected chi connectivity index (χ3v) is 6.24. The quantitative estimate of drug-likeness (QED) is 0.419. The molecule has 3 aromatic rings. The molecule has 142 valence electrons. The molecule has 0 bridgehead atoms. The molecule has 0 nitrogen and oxygen atoms in total. The summed E-state index contributed by atoms with van der Waals surface area (Å²) in [6.45, 7) is 2.22. The average Bonchev–Trinajstić information content (AvgIpc) is 3.16. The number of rotatable bonds is 4. The Morgan fingerprint density at radius 2 is 1.79 bits per heavy atom. The van der Waals surface area contributed by atoms with Crippen LogP contribution in [0.2, 0.25) is 5.02 Å². The van der Waals surface area contributed by atoms with Crippen molar-refractivity contribution in [2.75, 3.05) is 0 Å². The lowest BCUT2D eigenvalue weighted by Crippen LogP contribution is -2.00. The summed E-state index contributed by atoms with van der Waals surface area (Å²) >= 11 is 6.49. The normalized spacial score (nSPS) is 17.7. The molecule has 0 radical (unpaired) electrons. The van der Waals surface area contributed by atoms with E-state index >= 15 is 0 Å². The van der Waals surface area contributed by atoms with Gasteiger partial charge < -0.3 is 0 Å². The molecule has 3 aromatic carbocycles. The molecule has 0 amide bonds. The third-order valence-electron chi connectivity index (χ3n) is 6.02. The van der Waals surface area contributed by atoms with E-state index in [1.807, 2.05) is 0 Å². The van der Waals surface area contributed by atoms with Gasteiger partial charge in [0.1, 0.15) is 0 Å². The lowest BCUT2D eigenvalue weighted by Gasteiger charge is -2.14. The van der Waals surface area contributed by atoms with Gasteiger partial charge in [0.25, 0.3) is 0 Å². The van der Waals surface area contributed by atoms with Gasteiger partial charge in [-0.1, -0.05) is 102 Å². The van der Waals surface area contributed by atoms with Crippen LogP contribution in [-0.2, 0) is 6.42 Å². The highest BCUT2D eigenvalue weighted by Crippen LogP contribution is 2.37. The molecule has 0 saturated carbocycles. The van der Waals surface area contributed by atoms with Gasteiger partial charge >= 0.3 is 0 Å². The summed E-state index contributed by atoms with van der Waals surface area (Å²) in [5.41, 5.74) is 8.12. The van der Waals surface area contributed by atoms with E-state index in [9.17, 15) is 0 Å². The second kappa shape index (κ2) is 7.54. The Bertz CT molecular complexity index is 1210. The average molecular weight is 395 g/mol. The maximum Gasteiger partial charge on any atom is 0.0415 e. The summed E-state index contributed by atoms with van der Waals surface area (Å²) in [7, 11) is 0. The summed E-state index contributed by atoms with van der Waals surface area (Å²) in [5.74, 6) is 0.464. The molecule has 0 fully saturated rings. The number of allylic oxidation sites excluding steroid dienone is 8. The van der Waals surface area contributed by atoms with E-state index in [2.05, 4.69) is 98.0 Å². The Morgan fingerprint density at radius 1 is 0.931 bits per heavy atom. The summed E-state index contributed by atoms with van der Waals surface area (Å²) in [5, 5.41) is 3.34. The number of hydrogen-bond acceptors (Lipinski definition) is 0. The zero-order valence-electron chi connectivity index (χ0n) is 16.5. The summed E-state index contributed by atoms with van der Waals surface area (Å²) in [6.07, 6.45) is 13.4. The zero-order chi connectivity index (χ0) is 19.8. The number of aryl methyl sites for hydroxylation is 1. The van der Waals surface area contributed by atoms with Crippen LogP contribution < -0.4 is 0 Å². The van der Waals surface area contributed by atoms with Crippen molar-refractivity contribution in [2.24, 2.45) is 5.92 Å². The minimum atomic E-state index is 0.464. The highest BCUT2D eigenvalue weighted by Gasteiger charge is 2.20. The maximum atomic E-state index is 6.49. The second-order valence-electron chi connectivity index (χ2n) is 7.97. The molecule has 0 aliphatic heterocycles. The van der Waals surface area contributed by atoms with Crippen molar-refractivity contribution in [1.82, 2.24) is 0 Å². The van der Waals surface area contributed by atoms with Crippen LogP contribution in [0.25, 0.3) is 21.9 Å². The molecule has 2 aliphatic rings. The molecule has 2 aliphatic carbocycles. The number of fused-ring (bicyclic) bond motifs is 2. The lowest BCUT2D eigenvalue weighted by molar-refractivity contribution is 0.914. The van der Waals surface area contributed by atoms with Crippen molar-refractivity contribution in [3.05, 3.63) is 118 Å². The van der Waals surface area contributed by atoms with Crippen LogP contribution in [0, 0.1) is 5.92 Å². The van der Waals surface area contributed by atoms with Gasteiger partial charge in [0.2, 0.25) is 0 Å². The van der Waals surface area contributed by atoms with Crippen LogP contribution in [0.15, 0.2) is 108 Å². The molecule has 29 heavy (non-hydrogen) atoms. The fraction of sp³-hybridized carbons (Fsp3) is 0.143. The standard InChI is InChI=1S/C28H23Cl/c1-19-7-5-10-22-15-20(16-27(19)22)13-14-24-18-25(29)17-23-11-6-12-26(28(23)24)21-8-3-2-4-9-21/h2-12,15-18,27H,13-14H2,1H3. The Hall–Kier alpha value is -2.83. The fourth-order valence-corrected chi connectivity index (χ4v) is 4.84. The van der Waals surface area contributed by atoms with Gasteiger partial charge in [-0.2, -0.15) is 0 Å². The number of hydrogen-bond donors (Lipinski definition) is 0. The van der Waals surface area contributed by atoms with E-state index in [1.54, 1.807) is 0 Å². The number of halogens is 1. The molecule has 1 unspecified atom stereocenters. The number of benzene rings is 3. The van der Waals surface area contributed by atoms with Crippen LogP contribution in [0.4, 0.5) is 0 Å². The van der Waals surface area contributed by atoms with Crippen molar-refractivity contribution < 1.29 is 0 Å². The minimum absolute atomic E-state index is 0.464. The molecular formula is C28H23Cl. The van der Waals surface area contributed by atoms with Crippen molar-refractivity contribution >= 4 is 22.4 Å². The molecule has 0 spiro atoms. The minimum Gasteiger partial charge on any atom is -0.0843 e. The lowest BCUT2D eigenvalue weighted by atomic mass is 9.90. The predicted octanol–water partition coefficient (Wildman–Crippen LogP) is 8.09. The predicted molar refractivity (Wildman–Crippen MR) is 125 cm³/mol. The smallest absolute Gasteiger partial charge is 0.0415 e. The van der Waals surface area contributed by atoms with Gasteiger partial charge in [-0.25, -0.2) is 0 Å². The van der Waals surface area contributed by atoms with E-state index in [1.165, 1.54) is 44.2 Å². The topological polar surface area (TPSA) is 0 Å². The van der Waals surface area contributed by atoms with Gasteiger partial charge in [-0.3, -0.25) is 0 Å². The van der Waals surface area contributed by atoms with E-state index in [4.69, 9.17) is 11.6 Å². The van der Waals surface area contributed by atoms with Crippen LogP contribution in [0.5, 0.6) is 0 Å². The summed E-state index contributed by atoms with van der Waals surface area (Å²) in [6, 6.07) is 21.4. The largest absolute Gasteiger partial charge is 0.0843 e. The van der Waals surface area contributed by atoms with Gasteiger partial charge in [-0.05, 0) is 64.9 Å². The van der Waals surface area contributed by atoms with Crippen molar-refractivity contribution in [2.45, 2.75) is 19.8 Å². The van der Waals surface area contributed by atoms with Gasteiger partial charge in [0, 0.05) is 10.9 Å². The summed E-state index contributed by atoms with van der Waals surface area (Å²) in [4.78, 5) is 0. The molecule has 1 heteroatoms. The highest BCUT2D eigenvalue weighted by molar-refractivity contribution is 6.31. The fourth-order valence-electron chi connectivity index (χ4n) is 4.59. The second-order valence-corrected chi connectivity index (χ2v) is 8.40. The maximum absolute atomic E-state index is 6.49. The summed E-state index contributed by atoms with van der Waals surface area (Å²) < 4.78 is 0. The van der Waals surface area contributed by atoms with Crippen molar-refractivity contribution in [3.8, 4) is 11.1 Å². The van der Waals surface area contributed by atoms with Crippen LogP contribution in [-0.4, -0.2) is 0 Å². The molecule has 1 atom stereocenters. The van der Waals surface area contributed by atoms with Gasteiger partial charge in [0.15, 0.2) is 0 Å². The first-order chi connectivity index (χ1) is 14.2. The first-order valence-corrected chi connectivity index (χ1v) is 10.6. The van der Waals surface area contributed by atoms with Gasteiger partial charge in [-0.15, -0.1) is 0 Å². The van der Waals surface area contributed by atoms with Crippen molar-refractivity contribution in [3.63, 3.8) is 0 Å². The molecule has 0 heterocycles. The van der Waals surface area contributed by atoms with Crippen LogP contribution >= 0.6 is 11.6 Å². The molecule has 0 N–H and O–H groups in total. The third kappa shape index (κ3) is 3.50. The molecule has 5 rings (SSSR count). The molecule has 0 aromatic heterocycles. The molecule has 0 saturated heterocycles. The highest BCUT2D eigenvalue weighted by atomic mass is 35.5. The van der Waals surface area contributed by atoms with Crippen molar-refractivity contribution in [1.29, 1.82) is 0 Å². The van der Waals surface area contributed by atoms with Crippen LogP contribution in [0.3, 0.4) is 0 Å².